The van der Waals surface area contributed by atoms with Crippen LogP contribution in [0.15, 0.2) is 46.2 Å². The Morgan fingerprint density at radius 1 is 0.737 bits per heavy atom. The minimum Gasteiger partial charge on any atom is -0.398 e. The lowest BCUT2D eigenvalue weighted by Crippen LogP contribution is -1.86. The molecule has 2 aromatic carbocycles. The predicted molar refractivity (Wildman–Crippen MR) is 84.7 cm³/mol. The molecule has 0 aliphatic carbocycles. The molecule has 0 radical (unpaired) electrons. The molecule has 0 saturated carbocycles. The third-order valence-corrected chi connectivity index (χ3v) is 2.76. The molecule has 0 aliphatic heterocycles. The Hall–Kier alpha value is -0.634. The first-order valence-corrected chi connectivity index (χ1v) is 5.77. The number of nitrogen functional groups attached to an aromatic ring is 2. The monoisotopic (exact) mass is 312 g/mol. The van der Waals surface area contributed by atoms with Crippen molar-refractivity contribution in [2.45, 2.75) is 9.79 Å². The molecule has 0 unspecified atom stereocenters. The number of halogens is 2. The highest BCUT2D eigenvalue weighted by atomic mass is 32.1. The number of nitrogens with two attached hydrogens (primary N) is 2. The minimum absolute atomic E-state index is 0. The average Bonchev–Trinajstić information content (AvgIpc) is 2.30. The summed E-state index contributed by atoms with van der Waals surface area (Å²) in [7, 11) is 0. The van der Waals surface area contributed by atoms with Crippen molar-refractivity contribution in [2.75, 3.05) is 11.5 Å². The fraction of sp³-hybridized carbons (Fsp3) is 0. The summed E-state index contributed by atoms with van der Waals surface area (Å²) < 4.78 is 24.5. The fourth-order valence-electron chi connectivity index (χ4n) is 1.03. The molecule has 0 atom stereocenters. The first-order valence-electron chi connectivity index (χ1n) is 4.88. The van der Waals surface area contributed by atoms with E-state index >= 15 is 0 Å². The molecule has 2 rings (SSSR count). The van der Waals surface area contributed by atoms with Crippen LogP contribution in [0.25, 0.3) is 0 Å². The molecule has 0 aromatic heterocycles. The molecule has 7 heteroatoms. The van der Waals surface area contributed by atoms with Crippen molar-refractivity contribution >= 4 is 59.7 Å². The van der Waals surface area contributed by atoms with Gasteiger partial charge in [0.15, 0.2) is 0 Å². The molecule has 4 N–H and O–H groups in total. The SMILES string of the molecule is Nc1ccc(F)cc1S.Nc1ccc(F)cc1S.[MgH2]. The van der Waals surface area contributed by atoms with Crippen molar-refractivity contribution in [1.82, 2.24) is 0 Å². The minimum atomic E-state index is -0.311. The van der Waals surface area contributed by atoms with Gasteiger partial charge in [0.2, 0.25) is 0 Å². The van der Waals surface area contributed by atoms with Crippen LogP contribution in [-0.4, -0.2) is 23.1 Å². The highest BCUT2D eigenvalue weighted by Crippen LogP contribution is 2.16. The first-order chi connectivity index (χ1) is 8.40. The van der Waals surface area contributed by atoms with Gasteiger partial charge in [0.25, 0.3) is 0 Å². The molecule has 0 saturated heterocycles. The Labute approximate surface area is 137 Å². The lowest BCUT2D eigenvalue weighted by atomic mass is 10.3. The molecular weight excluding hydrogens is 299 g/mol. The number of thiol groups is 2. The zero-order valence-electron chi connectivity index (χ0n) is 9.27. The average molecular weight is 313 g/mol. The van der Waals surface area contributed by atoms with Crippen LogP contribution >= 0.6 is 25.3 Å². The van der Waals surface area contributed by atoms with Crippen LogP contribution < -0.4 is 11.5 Å². The van der Waals surface area contributed by atoms with Gasteiger partial charge >= 0.3 is 23.1 Å². The van der Waals surface area contributed by atoms with Gasteiger partial charge in [-0.3, -0.25) is 0 Å². The van der Waals surface area contributed by atoms with Crippen LogP contribution in [0.5, 0.6) is 0 Å². The van der Waals surface area contributed by atoms with Gasteiger partial charge < -0.3 is 11.5 Å². The van der Waals surface area contributed by atoms with E-state index in [1.165, 1.54) is 36.4 Å². The van der Waals surface area contributed by atoms with Gasteiger partial charge in [-0.15, -0.1) is 25.3 Å². The van der Waals surface area contributed by atoms with E-state index in [1.54, 1.807) is 0 Å². The van der Waals surface area contributed by atoms with Crippen molar-refractivity contribution in [3.05, 3.63) is 48.0 Å². The van der Waals surface area contributed by atoms with Crippen LogP contribution in [0.4, 0.5) is 20.2 Å². The summed E-state index contributed by atoms with van der Waals surface area (Å²) in [5.41, 5.74) is 11.7. The molecule has 0 fully saturated rings. The van der Waals surface area contributed by atoms with E-state index in [-0.39, 0.29) is 34.7 Å². The Kier molecular flexibility index (Phi) is 8.24. The van der Waals surface area contributed by atoms with E-state index in [0.29, 0.717) is 21.2 Å². The fourth-order valence-corrected chi connectivity index (χ4v) is 1.43. The zero-order valence-corrected chi connectivity index (χ0v) is 11.1. The molecule has 0 amide bonds. The molecule has 2 aromatic rings. The third-order valence-electron chi connectivity index (χ3n) is 1.98. The number of hydrogen-bond acceptors (Lipinski definition) is 4. The Morgan fingerprint density at radius 3 is 1.26 bits per heavy atom. The molecule has 0 bridgehead atoms. The van der Waals surface area contributed by atoms with Gasteiger partial charge in [0, 0.05) is 21.2 Å². The van der Waals surface area contributed by atoms with E-state index in [9.17, 15) is 8.78 Å². The van der Waals surface area contributed by atoms with E-state index in [2.05, 4.69) is 25.3 Å². The van der Waals surface area contributed by atoms with Crippen molar-refractivity contribution < 1.29 is 8.78 Å². The quantitative estimate of drug-likeness (QED) is 0.343. The summed E-state index contributed by atoms with van der Waals surface area (Å²) in [6, 6.07) is 8.12. The first kappa shape index (κ1) is 18.4. The van der Waals surface area contributed by atoms with Crippen molar-refractivity contribution in [3.63, 3.8) is 0 Å². The summed E-state index contributed by atoms with van der Waals surface area (Å²) in [6.07, 6.45) is 0. The topological polar surface area (TPSA) is 52.0 Å². The summed E-state index contributed by atoms with van der Waals surface area (Å²) in [5, 5.41) is 0. The highest BCUT2D eigenvalue weighted by molar-refractivity contribution is 7.80. The molecule has 0 heterocycles. The van der Waals surface area contributed by atoms with Gasteiger partial charge in [-0.05, 0) is 36.4 Å². The van der Waals surface area contributed by atoms with E-state index in [0.717, 1.165) is 0 Å². The highest BCUT2D eigenvalue weighted by Gasteiger charge is 1.94. The van der Waals surface area contributed by atoms with Gasteiger partial charge in [-0.25, -0.2) is 8.78 Å². The molecule has 2 nitrogen and oxygen atoms in total. The van der Waals surface area contributed by atoms with Crippen LogP contribution in [0.1, 0.15) is 0 Å². The number of rotatable bonds is 0. The molecule has 0 spiro atoms. The van der Waals surface area contributed by atoms with Crippen molar-refractivity contribution in [3.8, 4) is 0 Å². The normalized spacial score (nSPS) is 9.05. The standard InChI is InChI=1S/2C6H6FNS.Mg.2H/c2*7-4-1-2-5(8)6(9)3-4;;;/h2*1-3,9H,8H2;;;. The van der Waals surface area contributed by atoms with E-state index < -0.39 is 0 Å². The number of anilines is 2. The van der Waals surface area contributed by atoms with Gasteiger partial charge in [0.1, 0.15) is 11.6 Å². The largest absolute Gasteiger partial charge is 0.398 e. The van der Waals surface area contributed by atoms with Crippen LogP contribution in [0, 0.1) is 11.6 Å². The summed E-state index contributed by atoms with van der Waals surface area (Å²) in [6.45, 7) is 0. The zero-order chi connectivity index (χ0) is 13.7. The maximum absolute atomic E-state index is 12.2. The maximum atomic E-state index is 12.2. The molecule has 19 heavy (non-hydrogen) atoms. The third kappa shape index (κ3) is 6.37. The van der Waals surface area contributed by atoms with Crippen LogP contribution in [0.2, 0.25) is 0 Å². The Bertz CT molecular complexity index is 504. The van der Waals surface area contributed by atoms with Crippen LogP contribution in [-0.2, 0) is 0 Å². The molecule has 0 aliphatic rings. The van der Waals surface area contributed by atoms with Gasteiger partial charge in [-0.2, -0.15) is 0 Å². The summed E-state index contributed by atoms with van der Waals surface area (Å²) in [5.74, 6) is -0.622. The van der Waals surface area contributed by atoms with Crippen LogP contribution in [0.3, 0.4) is 0 Å². The van der Waals surface area contributed by atoms with Gasteiger partial charge in [0.05, 0.1) is 0 Å². The van der Waals surface area contributed by atoms with Crippen molar-refractivity contribution in [1.29, 1.82) is 0 Å². The lowest BCUT2D eigenvalue weighted by molar-refractivity contribution is 0.624. The second kappa shape index (κ2) is 8.52. The number of benzene rings is 2. The van der Waals surface area contributed by atoms with E-state index in [1.807, 2.05) is 0 Å². The summed E-state index contributed by atoms with van der Waals surface area (Å²) in [4.78, 5) is 0.963. The molecular formula is C12H14F2MgN2S2. The van der Waals surface area contributed by atoms with Gasteiger partial charge in [-0.1, -0.05) is 0 Å². The second-order valence-electron chi connectivity index (χ2n) is 3.41. The smallest absolute Gasteiger partial charge is 0.316 e. The maximum Gasteiger partial charge on any atom is 0.316 e. The number of hydrogen-bond donors (Lipinski definition) is 4. The molecule has 100 valence electrons. The summed E-state index contributed by atoms with van der Waals surface area (Å²) >= 11 is 7.81. The Morgan fingerprint density at radius 2 is 1.05 bits per heavy atom. The Balaban J connectivity index is 0.000000324. The van der Waals surface area contributed by atoms with Crippen molar-refractivity contribution in [2.24, 2.45) is 0 Å². The second-order valence-corrected chi connectivity index (χ2v) is 4.37. The predicted octanol–water partition coefficient (Wildman–Crippen LogP) is 2.48. The van der Waals surface area contributed by atoms with E-state index in [4.69, 9.17) is 11.5 Å². The lowest BCUT2D eigenvalue weighted by Gasteiger charge is -1.95.